The zero-order chi connectivity index (χ0) is 31.1. The number of phenols is 2. The average molecular weight is 565 g/mol. The van der Waals surface area contributed by atoms with Gasteiger partial charge in [0.05, 0.1) is 0 Å². The Labute approximate surface area is 252 Å². The van der Waals surface area contributed by atoms with Crippen LogP contribution in [-0.4, -0.2) is 45.7 Å². The third-order valence-electron chi connectivity index (χ3n) is 8.89. The smallest absolute Gasteiger partial charge is 0.123 e. The largest absolute Gasteiger partial charge is 0.507 e. The van der Waals surface area contributed by atoms with Crippen molar-refractivity contribution in [2.75, 3.05) is 19.6 Å². The molecule has 41 heavy (non-hydrogen) atoms. The summed E-state index contributed by atoms with van der Waals surface area (Å²) in [6, 6.07) is 9.32. The topological polar surface area (TPSA) is 46.9 Å². The second-order valence-electron chi connectivity index (χ2n) is 16.7. The maximum absolute atomic E-state index is 11.7. The van der Waals surface area contributed by atoms with Gasteiger partial charge < -0.3 is 10.2 Å². The molecule has 0 unspecified atom stereocenters. The quantitative estimate of drug-likeness (QED) is 0.353. The lowest BCUT2D eigenvalue weighted by molar-refractivity contribution is 0.163. The van der Waals surface area contributed by atoms with Crippen molar-refractivity contribution in [1.82, 2.24) is 9.80 Å². The number of rotatable bonds is 7. The summed E-state index contributed by atoms with van der Waals surface area (Å²) in [4.78, 5) is 5.06. The van der Waals surface area contributed by atoms with E-state index in [1.807, 2.05) is 0 Å². The van der Waals surface area contributed by atoms with Gasteiger partial charge in [-0.2, -0.15) is 0 Å². The van der Waals surface area contributed by atoms with E-state index in [9.17, 15) is 10.2 Å². The number of likely N-dealkylation sites (tertiary alicyclic amines) is 1. The molecule has 0 saturated carbocycles. The summed E-state index contributed by atoms with van der Waals surface area (Å²) in [5, 5.41) is 23.3. The van der Waals surface area contributed by atoms with Gasteiger partial charge in [0.1, 0.15) is 11.5 Å². The first kappa shape index (κ1) is 33.5. The molecule has 2 aromatic carbocycles. The van der Waals surface area contributed by atoms with Crippen LogP contribution in [0.4, 0.5) is 0 Å². The first-order valence-corrected chi connectivity index (χ1v) is 15.8. The first-order chi connectivity index (χ1) is 18.6. The summed E-state index contributed by atoms with van der Waals surface area (Å²) in [7, 11) is 0. The lowest BCUT2D eigenvalue weighted by Gasteiger charge is -2.33. The normalized spacial score (nSPS) is 17.6. The molecule has 1 aliphatic heterocycles. The molecule has 0 amide bonds. The van der Waals surface area contributed by atoms with Gasteiger partial charge in [-0.05, 0) is 69.8 Å². The maximum Gasteiger partial charge on any atom is 0.123 e. The van der Waals surface area contributed by atoms with Gasteiger partial charge in [0, 0.05) is 36.8 Å². The highest BCUT2D eigenvalue weighted by Crippen LogP contribution is 2.41. The lowest BCUT2D eigenvalue weighted by atomic mass is 9.78. The Morgan fingerprint density at radius 1 is 0.683 bits per heavy atom. The fourth-order valence-corrected chi connectivity index (χ4v) is 6.12. The predicted molar refractivity (Wildman–Crippen MR) is 175 cm³/mol. The minimum atomic E-state index is -0.170. The molecule has 0 bridgehead atoms. The minimum absolute atomic E-state index is 0.0291. The Balaban J connectivity index is 2.15. The molecule has 0 aliphatic carbocycles. The van der Waals surface area contributed by atoms with E-state index in [0.717, 1.165) is 41.9 Å². The minimum Gasteiger partial charge on any atom is -0.507 e. The molecule has 1 atom stereocenters. The van der Waals surface area contributed by atoms with Gasteiger partial charge in [-0.25, -0.2) is 0 Å². The van der Waals surface area contributed by atoms with Gasteiger partial charge in [-0.3, -0.25) is 9.80 Å². The van der Waals surface area contributed by atoms with Crippen LogP contribution in [0.3, 0.4) is 0 Å². The summed E-state index contributed by atoms with van der Waals surface area (Å²) < 4.78 is 0. The van der Waals surface area contributed by atoms with Crippen LogP contribution in [0.1, 0.15) is 136 Å². The van der Waals surface area contributed by atoms with Crippen LogP contribution < -0.4 is 0 Å². The Hall–Kier alpha value is -2.04. The number of aromatic hydroxyl groups is 2. The van der Waals surface area contributed by atoms with Crippen molar-refractivity contribution in [3.8, 4) is 11.5 Å². The number of phenolic OH excluding ortho intramolecular Hbond substituents is 2. The SMILES string of the molecule is CCN1CCC[C@H]1CN(Cc1cc(C(C)(C)C)cc(C(C)(C)C)c1O)Cc1cc(C(C)(C)C)cc(C(C)(C)C)c1O. The van der Waals surface area contributed by atoms with Crippen LogP contribution in [0.15, 0.2) is 24.3 Å². The van der Waals surface area contributed by atoms with Gasteiger partial charge in [0.15, 0.2) is 0 Å². The number of nitrogens with zero attached hydrogens (tertiary/aromatic N) is 2. The zero-order valence-corrected chi connectivity index (χ0v) is 28.6. The van der Waals surface area contributed by atoms with E-state index < -0.39 is 0 Å². The molecular weight excluding hydrogens is 504 g/mol. The van der Waals surface area contributed by atoms with Crippen molar-refractivity contribution in [3.63, 3.8) is 0 Å². The van der Waals surface area contributed by atoms with Crippen molar-refractivity contribution in [2.45, 2.75) is 144 Å². The van der Waals surface area contributed by atoms with E-state index in [-0.39, 0.29) is 21.7 Å². The summed E-state index contributed by atoms with van der Waals surface area (Å²) in [6.45, 7) is 33.2. The van der Waals surface area contributed by atoms with Gasteiger partial charge in [-0.15, -0.1) is 0 Å². The maximum atomic E-state index is 11.7. The second-order valence-corrected chi connectivity index (χ2v) is 16.7. The van der Waals surface area contributed by atoms with Gasteiger partial charge in [0.25, 0.3) is 0 Å². The van der Waals surface area contributed by atoms with E-state index in [1.165, 1.54) is 24.0 Å². The highest BCUT2D eigenvalue weighted by molar-refractivity contribution is 5.50. The molecule has 1 fully saturated rings. The molecule has 1 heterocycles. The summed E-state index contributed by atoms with van der Waals surface area (Å²) in [5.41, 5.74) is 6.06. The zero-order valence-electron chi connectivity index (χ0n) is 28.6. The highest BCUT2D eigenvalue weighted by Gasteiger charge is 2.30. The molecule has 230 valence electrons. The van der Waals surface area contributed by atoms with Crippen molar-refractivity contribution >= 4 is 0 Å². The lowest BCUT2D eigenvalue weighted by Crippen LogP contribution is -2.40. The molecule has 3 rings (SSSR count). The molecule has 1 saturated heterocycles. The van der Waals surface area contributed by atoms with Crippen LogP contribution >= 0.6 is 0 Å². The van der Waals surface area contributed by atoms with Crippen LogP contribution in [0.2, 0.25) is 0 Å². The molecule has 4 heteroatoms. The van der Waals surface area contributed by atoms with Crippen LogP contribution in [0, 0.1) is 0 Å². The molecule has 0 aromatic heterocycles. The first-order valence-electron chi connectivity index (χ1n) is 15.8. The fourth-order valence-electron chi connectivity index (χ4n) is 6.12. The third kappa shape index (κ3) is 8.08. The van der Waals surface area contributed by atoms with Gasteiger partial charge in [-0.1, -0.05) is 114 Å². The van der Waals surface area contributed by atoms with Crippen LogP contribution in [0.25, 0.3) is 0 Å². The third-order valence-corrected chi connectivity index (χ3v) is 8.89. The van der Waals surface area contributed by atoms with Crippen LogP contribution in [0.5, 0.6) is 11.5 Å². The Morgan fingerprint density at radius 3 is 1.44 bits per heavy atom. The fraction of sp³-hybridized carbons (Fsp3) is 0.676. The number of hydrogen-bond acceptors (Lipinski definition) is 4. The monoisotopic (exact) mass is 564 g/mol. The summed E-state index contributed by atoms with van der Waals surface area (Å²) in [6.07, 6.45) is 2.41. The van der Waals surface area contributed by atoms with Crippen molar-refractivity contribution < 1.29 is 10.2 Å². The summed E-state index contributed by atoms with van der Waals surface area (Å²) >= 11 is 0. The number of benzene rings is 2. The van der Waals surface area contributed by atoms with Crippen molar-refractivity contribution in [1.29, 1.82) is 0 Å². The predicted octanol–water partition coefficient (Wildman–Crippen LogP) is 8.77. The van der Waals surface area contributed by atoms with E-state index in [0.29, 0.717) is 30.6 Å². The van der Waals surface area contributed by atoms with E-state index in [2.05, 4.69) is 124 Å². The van der Waals surface area contributed by atoms with Gasteiger partial charge >= 0.3 is 0 Å². The average Bonchev–Trinajstić information content (AvgIpc) is 3.25. The summed E-state index contributed by atoms with van der Waals surface area (Å²) in [5.74, 6) is 0.828. The Kier molecular flexibility index (Phi) is 9.73. The van der Waals surface area contributed by atoms with E-state index in [4.69, 9.17) is 0 Å². The molecule has 2 aromatic rings. The Morgan fingerprint density at radius 2 is 1.10 bits per heavy atom. The molecule has 4 nitrogen and oxygen atoms in total. The van der Waals surface area contributed by atoms with Crippen molar-refractivity contribution in [2.24, 2.45) is 0 Å². The van der Waals surface area contributed by atoms with Gasteiger partial charge in [0.2, 0.25) is 0 Å². The standard InChI is InChI=1S/C37H60N2O2/c1-14-39-17-15-16-29(39)24-38(22-25-18-27(34(2,3)4)20-30(32(25)40)36(8,9)10)23-26-19-28(35(5,6)7)21-31(33(26)41)37(11,12)13/h18-21,29,40-41H,14-17,22-24H2,1-13H3/t29-/m0/s1. The number of likely N-dealkylation sites (N-methyl/N-ethyl adjacent to an activating group) is 1. The number of hydrogen-bond donors (Lipinski definition) is 2. The molecular formula is C37H60N2O2. The van der Waals surface area contributed by atoms with Crippen molar-refractivity contribution in [3.05, 3.63) is 57.6 Å². The molecule has 0 radical (unpaired) electrons. The molecule has 2 N–H and O–H groups in total. The van der Waals surface area contributed by atoms with E-state index in [1.54, 1.807) is 0 Å². The molecule has 1 aliphatic rings. The molecule has 0 spiro atoms. The highest BCUT2D eigenvalue weighted by atomic mass is 16.3. The second kappa shape index (κ2) is 11.9. The Bertz CT molecular complexity index is 1120. The van der Waals surface area contributed by atoms with Crippen LogP contribution in [-0.2, 0) is 34.7 Å². The van der Waals surface area contributed by atoms with E-state index >= 15 is 0 Å².